The van der Waals surface area contributed by atoms with Gasteiger partial charge in [-0.2, -0.15) is 0 Å². The highest BCUT2D eigenvalue weighted by atomic mass is 15.2. The highest BCUT2D eigenvalue weighted by Crippen LogP contribution is 2.12. The largest absolute Gasteiger partial charge is 0.329 e. The van der Waals surface area contributed by atoms with E-state index in [1.165, 1.54) is 25.7 Å². The summed E-state index contributed by atoms with van der Waals surface area (Å²) in [5.74, 6) is 0. The van der Waals surface area contributed by atoms with Crippen LogP contribution in [0.2, 0.25) is 0 Å². The second-order valence-electron chi connectivity index (χ2n) is 3.81. The summed E-state index contributed by atoms with van der Waals surface area (Å²) in [5, 5.41) is 0. The first kappa shape index (κ1) is 12.9. The summed E-state index contributed by atoms with van der Waals surface area (Å²) in [7, 11) is 2.21. The van der Waals surface area contributed by atoms with Crippen LogP contribution in [0.15, 0.2) is 0 Å². The van der Waals surface area contributed by atoms with Gasteiger partial charge in [-0.1, -0.05) is 27.2 Å². The van der Waals surface area contributed by atoms with E-state index >= 15 is 0 Å². The smallest absolute Gasteiger partial charge is 0.0218 e. The second-order valence-corrected chi connectivity index (χ2v) is 3.81. The van der Waals surface area contributed by atoms with E-state index in [1.807, 2.05) is 0 Å². The maximum absolute atomic E-state index is 5.77. The van der Waals surface area contributed by atoms with Gasteiger partial charge in [0.15, 0.2) is 0 Å². The van der Waals surface area contributed by atoms with Crippen molar-refractivity contribution in [2.75, 3.05) is 13.6 Å². The predicted octanol–water partition coefficient (Wildman–Crippen LogP) is 2.23. The normalized spacial score (nSPS) is 14.1. The number of hydrogen-bond acceptors (Lipinski definition) is 2. The summed E-state index contributed by atoms with van der Waals surface area (Å²) in [4.78, 5) is 2.46. The highest BCUT2D eigenvalue weighted by molar-refractivity contribution is 4.75. The van der Waals surface area contributed by atoms with Crippen molar-refractivity contribution in [3.05, 3.63) is 0 Å². The Labute approximate surface area is 83.5 Å². The Morgan fingerprint density at radius 2 is 1.62 bits per heavy atom. The van der Waals surface area contributed by atoms with Crippen LogP contribution in [0, 0.1) is 0 Å². The van der Waals surface area contributed by atoms with E-state index in [0.717, 1.165) is 6.54 Å². The van der Waals surface area contributed by atoms with E-state index in [2.05, 4.69) is 32.7 Å². The van der Waals surface area contributed by atoms with Crippen LogP contribution in [0.4, 0.5) is 0 Å². The van der Waals surface area contributed by atoms with Gasteiger partial charge in [0.25, 0.3) is 0 Å². The number of hydrogen-bond donors (Lipinski definition) is 1. The molecule has 0 saturated carbocycles. The van der Waals surface area contributed by atoms with Crippen molar-refractivity contribution in [2.24, 2.45) is 5.73 Å². The monoisotopic (exact) mass is 186 g/mol. The van der Waals surface area contributed by atoms with Crippen LogP contribution in [0.5, 0.6) is 0 Å². The molecular formula is C11H26N2. The minimum atomic E-state index is 0.579. The fourth-order valence-corrected chi connectivity index (χ4v) is 1.98. The summed E-state index contributed by atoms with van der Waals surface area (Å²) in [6.07, 6.45) is 4.91. The minimum Gasteiger partial charge on any atom is -0.329 e. The molecule has 2 heteroatoms. The minimum absolute atomic E-state index is 0.579. The van der Waals surface area contributed by atoms with Crippen LogP contribution in [-0.2, 0) is 0 Å². The van der Waals surface area contributed by atoms with Crippen LogP contribution in [0.25, 0.3) is 0 Å². The van der Waals surface area contributed by atoms with Gasteiger partial charge in [-0.05, 0) is 26.3 Å². The Morgan fingerprint density at radius 3 is 1.92 bits per heavy atom. The Hall–Kier alpha value is -0.0800. The van der Waals surface area contributed by atoms with Gasteiger partial charge >= 0.3 is 0 Å². The Balaban J connectivity index is 4.07. The van der Waals surface area contributed by atoms with E-state index in [0.29, 0.717) is 12.1 Å². The summed E-state index contributed by atoms with van der Waals surface area (Å²) in [6, 6.07) is 1.29. The van der Waals surface area contributed by atoms with E-state index in [9.17, 15) is 0 Å². The first-order valence-corrected chi connectivity index (χ1v) is 5.63. The first-order valence-electron chi connectivity index (χ1n) is 5.63. The maximum Gasteiger partial charge on any atom is 0.0218 e. The van der Waals surface area contributed by atoms with E-state index in [1.54, 1.807) is 0 Å². The topological polar surface area (TPSA) is 29.3 Å². The number of nitrogens with zero attached hydrogens (tertiary/aromatic N) is 1. The average molecular weight is 186 g/mol. The van der Waals surface area contributed by atoms with Gasteiger partial charge in [-0.25, -0.2) is 0 Å². The number of nitrogens with two attached hydrogens (primary N) is 1. The van der Waals surface area contributed by atoms with E-state index in [-0.39, 0.29) is 0 Å². The molecule has 1 unspecified atom stereocenters. The van der Waals surface area contributed by atoms with Gasteiger partial charge in [0.2, 0.25) is 0 Å². The third kappa shape index (κ3) is 4.10. The molecule has 0 fully saturated rings. The van der Waals surface area contributed by atoms with Gasteiger partial charge in [0, 0.05) is 18.6 Å². The van der Waals surface area contributed by atoms with Gasteiger partial charge < -0.3 is 5.73 Å². The van der Waals surface area contributed by atoms with Crippen molar-refractivity contribution in [2.45, 2.75) is 58.5 Å². The zero-order valence-corrected chi connectivity index (χ0v) is 9.71. The Kier molecular flexibility index (Phi) is 7.29. The molecule has 0 radical (unpaired) electrons. The molecule has 0 aromatic heterocycles. The quantitative estimate of drug-likeness (QED) is 0.660. The van der Waals surface area contributed by atoms with Crippen molar-refractivity contribution in [1.82, 2.24) is 4.90 Å². The Morgan fingerprint density at radius 1 is 1.08 bits per heavy atom. The number of likely N-dealkylation sites (N-methyl/N-ethyl adjacent to an activating group) is 1. The lowest BCUT2D eigenvalue weighted by Crippen LogP contribution is -2.43. The highest BCUT2D eigenvalue weighted by Gasteiger charge is 2.18. The molecule has 0 aliphatic heterocycles. The fourth-order valence-electron chi connectivity index (χ4n) is 1.98. The molecule has 1 atom stereocenters. The summed E-state index contributed by atoms with van der Waals surface area (Å²) in [6.45, 7) is 7.53. The molecule has 0 saturated heterocycles. The number of rotatable bonds is 7. The van der Waals surface area contributed by atoms with Crippen molar-refractivity contribution in [3.8, 4) is 0 Å². The van der Waals surface area contributed by atoms with E-state index in [4.69, 9.17) is 5.73 Å². The SMILES string of the molecule is CCCC(CN)N(C)C(CC)CC. The third-order valence-corrected chi connectivity index (χ3v) is 2.99. The zero-order valence-electron chi connectivity index (χ0n) is 9.71. The summed E-state index contributed by atoms with van der Waals surface area (Å²) in [5.41, 5.74) is 5.77. The first-order chi connectivity index (χ1) is 6.21. The molecular weight excluding hydrogens is 160 g/mol. The van der Waals surface area contributed by atoms with Crippen LogP contribution in [0.3, 0.4) is 0 Å². The lowest BCUT2D eigenvalue weighted by Gasteiger charge is -2.33. The van der Waals surface area contributed by atoms with Gasteiger partial charge in [0.05, 0.1) is 0 Å². The van der Waals surface area contributed by atoms with Crippen molar-refractivity contribution < 1.29 is 0 Å². The third-order valence-electron chi connectivity index (χ3n) is 2.99. The van der Waals surface area contributed by atoms with Crippen LogP contribution in [-0.4, -0.2) is 30.6 Å². The molecule has 0 amide bonds. The lowest BCUT2D eigenvalue weighted by molar-refractivity contribution is 0.159. The van der Waals surface area contributed by atoms with Gasteiger partial charge in [0.1, 0.15) is 0 Å². The van der Waals surface area contributed by atoms with E-state index < -0.39 is 0 Å². The van der Waals surface area contributed by atoms with Gasteiger partial charge in [-0.3, -0.25) is 4.90 Å². The maximum atomic E-state index is 5.77. The average Bonchev–Trinajstić information content (AvgIpc) is 2.15. The molecule has 0 heterocycles. The van der Waals surface area contributed by atoms with Crippen LogP contribution < -0.4 is 5.73 Å². The molecule has 2 N–H and O–H groups in total. The van der Waals surface area contributed by atoms with Crippen LogP contribution in [0.1, 0.15) is 46.5 Å². The molecule has 0 spiro atoms. The molecule has 0 bridgehead atoms. The predicted molar refractivity (Wildman–Crippen MR) is 59.9 cm³/mol. The Bertz CT molecular complexity index is 111. The molecule has 0 aromatic rings. The standard InChI is InChI=1S/C11H26N2/c1-5-8-11(9-12)13(4)10(6-2)7-3/h10-11H,5-9,12H2,1-4H3. The fraction of sp³-hybridized carbons (Fsp3) is 1.00. The molecule has 80 valence electrons. The van der Waals surface area contributed by atoms with Crippen molar-refractivity contribution in [1.29, 1.82) is 0 Å². The molecule has 13 heavy (non-hydrogen) atoms. The zero-order chi connectivity index (χ0) is 10.3. The summed E-state index contributed by atoms with van der Waals surface area (Å²) >= 11 is 0. The molecule has 0 rings (SSSR count). The van der Waals surface area contributed by atoms with Crippen molar-refractivity contribution in [3.63, 3.8) is 0 Å². The van der Waals surface area contributed by atoms with Gasteiger partial charge in [-0.15, -0.1) is 0 Å². The lowest BCUT2D eigenvalue weighted by atomic mass is 10.1. The molecule has 0 aliphatic carbocycles. The molecule has 0 aromatic carbocycles. The second kappa shape index (κ2) is 7.34. The molecule has 2 nitrogen and oxygen atoms in total. The summed E-state index contributed by atoms with van der Waals surface area (Å²) < 4.78 is 0. The van der Waals surface area contributed by atoms with Crippen LogP contribution >= 0.6 is 0 Å². The van der Waals surface area contributed by atoms with Crippen molar-refractivity contribution >= 4 is 0 Å². The molecule has 0 aliphatic rings.